The van der Waals surface area contributed by atoms with Gasteiger partial charge in [-0.05, 0) is 38.8 Å². The molecule has 0 aliphatic carbocycles. The summed E-state index contributed by atoms with van der Waals surface area (Å²) in [5.41, 5.74) is 3.97. The molecule has 9 heteroatoms. The van der Waals surface area contributed by atoms with Gasteiger partial charge in [-0.2, -0.15) is 5.10 Å². The van der Waals surface area contributed by atoms with Crippen molar-refractivity contribution in [3.8, 4) is 11.3 Å². The fraction of sp³-hybridized carbons (Fsp3) is 0.381. The molecule has 0 spiro atoms. The third kappa shape index (κ3) is 4.22. The van der Waals surface area contributed by atoms with Crippen molar-refractivity contribution in [3.05, 3.63) is 47.7 Å². The number of carbonyl (C=O) groups is 1. The first-order valence-corrected chi connectivity index (χ1v) is 12.5. The monoisotopic (exact) mass is 444 g/mol. The van der Waals surface area contributed by atoms with Gasteiger partial charge in [0, 0.05) is 5.56 Å². The average Bonchev–Trinajstić information content (AvgIpc) is 3.17. The third-order valence-electron chi connectivity index (χ3n) is 5.21. The quantitative estimate of drug-likeness (QED) is 0.608. The van der Waals surface area contributed by atoms with E-state index in [0.717, 1.165) is 28.0 Å². The standard InChI is InChI=1S/C21H24N4O3S2/c1-14-11-15(2)24-25-19(14)18(16-7-5-4-6-8-16)22-20(25)29-12-17(26)23-21(3)9-10-30(27,28)13-21/h4-8,11H,9-10,12-13H2,1-3H3,(H,23,26)/t21-/m1/s1. The molecule has 1 atom stereocenters. The number of aryl methyl sites for hydroxylation is 2. The van der Waals surface area contributed by atoms with Crippen molar-refractivity contribution in [1.29, 1.82) is 0 Å². The number of carbonyl (C=O) groups excluding carboxylic acids is 1. The Labute approximate surface area is 180 Å². The van der Waals surface area contributed by atoms with Crippen molar-refractivity contribution in [2.45, 2.75) is 37.9 Å². The van der Waals surface area contributed by atoms with Gasteiger partial charge in [-0.25, -0.2) is 17.9 Å². The number of amides is 1. The molecule has 1 fully saturated rings. The van der Waals surface area contributed by atoms with E-state index in [9.17, 15) is 13.2 Å². The van der Waals surface area contributed by atoms with Crippen LogP contribution in [0.5, 0.6) is 0 Å². The van der Waals surface area contributed by atoms with Crippen LogP contribution in [-0.2, 0) is 14.6 Å². The Hall–Kier alpha value is -2.39. The lowest BCUT2D eigenvalue weighted by Crippen LogP contribution is -2.47. The van der Waals surface area contributed by atoms with Gasteiger partial charge in [0.05, 0.1) is 39.7 Å². The lowest BCUT2D eigenvalue weighted by Gasteiger charge is -2.23. The number of benzene rings is 1. The normalized spacial score (nSPS) is 20.5. The van der Waals surface area contributed by atoms with Crippen molar-refractivity contribution in [3.63, 3.8) is 0 Å². The summed E-state index contributed by atoms with van der Waals surface area (Å²) in [5, 5.41) is 8.15. The summed E-state index contributed by atoms with van der Waals surface area (Å²) in [7, 11) is -3.08. The first-order chi connectivity index (χ1) is 14.2. The maximum Gasteiger partial charge on any atom is 0.230 e. The Morgan fingerprint density at radius 2 is 2.00 bits per heavy atom. The molecule has 4 rings (SSSR count). The molecule has 1 saturated heterocycles. The van der Waals surface area contributed by atoms with Crippen LogP contribution in [0.2, 0.25) is 0 Å². The van der Waals surface area contributed by atoms with Gasteiger partial charge in [-0.15, -0.1) is 0 Å². The average molecular weight is 445 g/mol. The molecule has 158 valence electrons. The van der Waals surface area contributed by atoms with E-state index in [0.29, 0.717) is 11.6 Å². The molecule has 0 saturated carbocycles. The molecule has 1 aromatic carbocycles. The number of nitrogens with zero attached hydrogens (tertiary/aromatic N) is 3. The molecule has 30 heavy (non-hydrogen) atoms. The van der Waals surface area contributed by atoms with Crippen LogP contribution in [0.15, 0.2) is 41.6 Å². The van der Waals surface area contributed by atoms with Gasteiger partial charge in [0.2, 0.25) is 5.91 Å². The van der Waals surface area contributed by atoms with Crippen LogP contribution in [0.25, 0.3) is 16.8 Å². The predicted octanol–water partition coefficient (Wildman–Crippen LogP) is 2.80. The van der Waals surface area contributed by atoms with E-state index < -0.39 is 15.4 Å². The van der Waals surface area contributed by atoms with Gasteiger partial charge in [0.1, 0.15) is 0 Å². The number of thioether (sulfide) groups is 1. The SMILES string of the molecule is Cc1cc(C)c2c(-c3ccccc3)nc(SCC(=O)N[C@]3(C)CCS(=O)(=O)C3)n2n1. The number of rotatable bonds is 5. The summed E-state index contributed by atoms with van der Waals surface area (Å²) >= 11 is 1.30. The van der Waals surface area contributed by atoms with Crippen LogP contribution in [0, 0.1) is 13.8 Å². The molecule has 1 aliphatic heterocycles. The Balaban J connectivity index is 1.59. The van der Waals surface area contributed by atoms with Crippen LogP contribution in [0.1, 0.15) is 24.6 Å². The Kier molecular flexibility index (Phi) is 5.36. The third-order valence-corrected chi connectivity index (χ3v) is 8.04. The highest BCUT2D eigenvalue weighted by Gasteiger charge is 2.39. The second-order valence-corrected chi connectivity index (χ2v) is 11.2. The van der Waals surface area contributed by atoms with Crippen LogP contribution < -0.4 is 5.32 Å². The number of fused-ring (bicyclic) bond motifs is 1. The van der Waals surface area contributed by atoms with Crippen molar-refractivity contribution >= 4 is 33.0 Å². The number of nitrogens with one attached hydrogen (secondary N) is 1. The van der Waals surface area contributed by atoms with E-state index in [1.54, 1.807) is 11.4 Å². The second kappa shape index (κ2) is 7.70. The topological polar surface area (TPSA) is 93.4 Å². The van der Waals surface area contributed by atoms with Crippen molar-refractivity contribution in [2.24, 2.45) is 0 Å². The molecule has 3 aromatic rings. The molecule has 1 aliphatic rings. The molecule has 0 unspecified atom stereocenters. The lowest BCUT2D eigenvalue weighted by molar-refractivity contribution is -0.120. The highest BCUT2D eigenvalue weighted by atomic mass is 32.2. The Morgan fingerprint density at radius 1 is 1.27 bits per heavy atom. The Bertz CT molecular complexity index is 1220. The zero-order valence-corrected chi connectivity index (χ0v) is 18.8. The van der Waals surface area contributed by atoms with E-state index in [1.807, 2.05) is 50.2 Å². The van der Waals surface area contributed by atoms with Crippen LogP contribution in [-0.4, -0.2) is 51.7 Å². The molecule has 0 bridgehead atoms. The fourth-order valence-corrected chi connectivity index (χ4v) is 6.75. The van der Waals surface area contributed by atoms with Crippen LogP contribution >= 0.6 is 11.8 Å². The van der Waals surface area contributed by atoms with Crippen molar-refractivity contribution < 1.29 is 13.2 Å². The van der Waals surface area contributed by atoms with E-state index >= 15 is 0 Å². The zero-order valence-electron chi connectivity index (χ0n) is 17.2. The fourth-order valence-electron chi connectivity index (χ4n) is 3.91. The maximum absolute atomic E-state index is 12.6. The predicted molar refractivity (Wildman–Crippen MR) is 118 cm³/mol. The molecule has 2 aromatic heterocycles. The minimum Gasteiger partial charge on any atom is -0.349 e. The number of hydrogen-bond acceptors (Lipinski definition) is 6. The van der Waals surface area contributed by atoms with Gasteiger partial charge < -0.3 is 5.32 Å². The van der Waals surface area contributed by atoms with E-state index in [-0.39, 0.29) is 23.2 Å². The van der Waals surface area contributed by atoms with E-state index in [2.05, 4.69) is 10.4 Å². The molecule has 0 radical (unpaired) electrons. The first-order valence-electron chi connectivity index (χ1n) is 9.72. The van der Waals surface area contributed by atoms with Crippen molar-refractivity contribution in [2.75, 3.05) is 17.3 Å². The molecular formula is C21H24N4O3S2. The summed E-state index contributed by atoms with van der Waals surface area (Å²) in [5.74, 6) is 0.0328. The minimum absolute atomic E-state index is 0.0131. The first kappa shape index (κ1) is 20.9. The summed E-state index contributed by atoms with van der Waals surface area (Å²) in [6.07, 6.45) is 0.441. The Morgan fingerprint density at radius 3 is 2.67 bits per heavy atom. The number of sulfone groups is 1. The zero-order chi connectivity index (χ0) is 21.5. The number of aromatic nitrogens is 3. The van der Waals surface area contributed by atoms with Crippen LogP contribution in [0.3, 0.4) is 0 Å². The van der Waals surface area contributed by atoms with E-state index in [1.165, 1.54) is 11.8 Å². The largest absolute Gasteiger partial charge is 0.349 e. The second-order valence-electron chi connectivity index (χ2n) is 8.08. The summed E-state index contributed by atoms with van der Waals surface area (Å²) in [4.78, 5) is 17.3. The molecular weight excluding hydrogens is 420 g/mol. The number of hydrogen-bond donors (Lipinski definition) is 1. The maximum atomic E-state index is 12.6. The molecule has 7 nitrogen and oxygen atoms in total. The highest BCUT2D eigenvalue weighted by Crippen LogP contribution is 2.31. The summed E-state index contributed by atoms with van der Waals surface area (Å²) < 4.78 is 25.4. The van der Waals surface area contributed by atoms with Crippen molar-refractivity contribution in [1.82, 2.24) is 19.9 Å². The molecule has 3 heterocycles. The van der Waals surface area contributed by atoms with Gasteiger partial charge in [0.15, 0.2) is 15.0 Å². The highest BCUT2D eigenvalue weighted by molar-refractivity contribution is 7.99. The molecule has 1 amide bonds. The summed E-state index contributed by atoms with van der Waals surface area (Å²) in [6, 6.07) is 11.9. The lowest BCUT2D eigenvalue weighted by atomic mass is 10.0. The van der Waals surface area contributed by atoms with Gasteiger partial charge in [-0.3, -0.25) is 4.79 Å². The minimum atomic E-state index is -3.08. The van der Waals surface area contributed by atoms with E-state index in [4.69, 9.17) is 4.98 Å². The molecule has 1 N–H and O–H groups in total. The van der Waals surface area contributed by atoms with Gasteiger partial charge in [0.25, 0.3) is 0 Å². The summed E-state index contributed by atoms with van der Waals surface area (Å²) in [6.45, 7) is 5.74. The van der Waals surface area contributed by atoms with Gasteiger partial charge >= 0.3 is 0 Å². The van der Waals surface area contributed by atoms with Crippen LogP contribution in [0.4, 0.5) is 0 Å². The smallest absolute Gasteiger partial charge is 0.230 e. The number of imidazole rings is 1. The van der Waals surface area contributed by atoms with Gasteiger partial charge in [-0.1, -0.05) is 42.1 Å².